The van der Waals surface area contributed by atoms with E-state index >= 15 is 0 Å². The summed E-state index contributed by atoms with van der Waals surface area (Å²) in [5.74, 6) is 0.995. The second-order valence-corrected chi connectivity index (χ2v) is 9.49. The average molecular weight is 342 g/mol. The van der Waals surface area contributed by atoms with E-state index in [2.05, 4.69) is 62.7 Å². The number of aryl methyl sites for hydroxylation is 1. The van der Waals surface area contributed by atoms with Crippen LogP contribution in [0.3, 0.4) is 0 Å². The Morgan fingerprint density at radius 2 is 2.00 bits per heavy atom. The van der Waals surface area contributed by atoms with Crippen LogP contribution in [0.5, 0.6) is 0 Å². The lowest BCUT2D eigenvalue weighted by molar-refractivity contribution is -0.127. The van der Waals surface area contributed by atoms with Crippen molar-refractivity contribution in [1.82, 2.24) is 4.57 Å². The summed E-state index contributed by atoms with van der Waals surface area (Å²) in [5, 5.41) is 1.43. The van der Waals surface area contributed by atoms with Crippen molar-refractivity contribution in [1.29, 1.82) is 0 Å². The van der Waals surface area contributed by atoms with Gasteiger partial charge in [0.05, 0.1) is 5.25 Å². The molecule has 0 saturated heterocycles. The number of ketones is 1. The maximum Gasteiger partial charge on any atom is 0.152 e. The van der Waals surface area contributed by atoms with E-state index in [1.165, 1.54) is 22.2 Å². The highest BCUT2D eigenvalue weighted by Crippen LogP contribution is 2.66. The van der Waals surface area contributed by atoms with Gasteiger partial charge < -0.3 is 4.57 Å². The predicted molar refractivity (Wildman–Crippen MR) is 101 cm³/mol. The molecule has 2 fully saturated rings. The van der Waals surface area contributed by atoms with Crippen LogP contribution >= 0.6 is 11.8 Å². The van der Waals surface area contributed by atoms with E-state index in [1.807, 2.05) is 11.8 Å². The van der Waals surface area contributed by atoms with Gasteiger partial charge in [0.25, 0.3) is 0 Å². The number of carbonyl (C=O) groups excluding carboxylic acids is 1. The number of carbonyl (C=O) groups is 1. The summed E-state index contributed by atoms with van der Waals surface area (Å²) >= 11 is 1.83. The first-order chi connectivity index (χ1) is 11.4. The molecule has 24 heavy (non-hydrogen) atoms. The number of aromatic nitrogens is 1. The molecule has 0 N–H and O–H groups in total. The first-order valence-electron chi connectivity index (χ1n) is 9.19. The Labute approximate surface area is 149 Å². The van der Waals surface area contributed by atoms with Crippen LogP contribution < -0.4 is 0 Å². The fourth-order valence-corrected chi connectivity index (χ4v) is 6.78. The van der Waals surface area contributed by atoms with Gasteiger partial charge in [0, 0.05) is 34.0 Å². The average Bonchev–Trinajstić information content (AvgIpc) is 3.06. The van der Waals surface area contributed by atoms with Crippen LogP contribution in [0.1, 0.15) is 47.0 Å². The molecule has 1 heterocycles. The van der Waals surface area contributed by atoms with Crippen LogP contribution in [0.4, 0.5) is 0 Å². The third-order valence-electron chi connectivity index (χ3n) is 6.94. The van der Waals surface area contributed by atoms with E-state index in [0.717, 1.165) is 19.4 Å². The zero-order valence-electron chi connectivity index (χ0n) is 15.1. The highest BCUT2D eigenvalue weighted by atomic mass is 32.2. The van der Waals surface area contributed by atoms with Gasteiger partial charge in [-0.15, -0.1) is 11.8 Å². The van der Waals surface area contributed by atoms with Gasteiger partial charge in [-0.3, -0.25) is 4.79 Å². The zero-order valence-corrected chi connectivity index (χ0v) is 16.0. The smallest absolute Gasteiger partial charge is 0.152 e. The molecule has 1 aromatic heterocycles. The van der Waals surface area contributed by atoms with Gasteiger partial charge in [-0.2, -0.15) is 0 Å². The van der Waals surface area contributed by atoms with E-state index < -0.39 is 0 Å². The minimum atomic E-state index is -0.128. The van der Waals surface area contributed by atoms with E-state index in [0.29, 0.717) is 11.7 Å². The number of benzene rings is 1. The molecule has 0 amide bonds. The molecule has 3 atom stereocenters. The van der Waals surface area contributed by atoms with Gasteiger partial charge >= 0.3 is 0 Å². The molecule has 2 bridgehead atoms. The van der Waals surface area contributed by atoms with Crippen LogP contribution in [0.25, 0.3) is 10.9 Å². The Hall–Kier alpha value is -1.22. The molecule has 2 aliphatic rings. The van der Waals surface area contributed by atoms with Gasteiger partial charge in [0.2, 0.25) is 0 Å². The predicted octanol–water partition coefficient (Wildman–Crippen LogP) is 5.54. The quantitative estimate of drug-likeness (QED) is 0.728. The van der Waals surface area contributed by atoms with Gasteiger partial charge in [-0.1, -0.05) is 45.9 Å². The second-order valence-electron chi connectivity index (χ2n) is 8.31. The second kappa shape index (κ2) is 5.39. The molecular weight excluding hydrogens is 314 g/mol. The first-order valence-corrected chi connectivity index (χ1v) is 10.1. The number of hydrogen-bond donors (Lipinski definition) is 0. The van der Waals surface area contributed by atoms with E-state index in [9.17, 15) is 4.79 Å². The third-order valence-corrected chi connectivity index (χ3v) is 8.32. The van der Waals surface area contributed by atoms with Crippen molar-refractivity contribution in [3.63, 3.8) is 0 Å². The Balaban J connectivity index is 1.72. The molecule has 0 spiro atoms. The topological polar surface area (TPSA) is 22.0 Å². The summed E-state index contributed by atoms with van der Waals surface area (Å²) in [6.07, 6.45) is 5.66. The maximum absolute atomic E-state index is 13.1. The molecule has 2 aliphatic carbocycles. The lowest BCUT2D eigenvalue weighted by Crippen LogP contribution is -2.34. The third kappa shape index (κ3) is 2.00. The van der Waals surface area contributed by atoms with Crippen molar-refractivity contribution in [2.45, 2.75) is 63.6 Å². The largest absolute Gasteiger partial charge is 0.346 e. The van der Waals surface area contributed by atoms with Crippen LogP contribution in [0.2, 0.25) is 0 Å². The van der Waals surface area contributed by atoms with Gasteiger partial charge in [-0.25, -0.2) is 0 Å². The number of fused-ring (bicyclic) bond motifs is 3. The Kier molecular flexibility index (Phi) is 3.65. The summed E-state index contributed by atoms with van der Waals surface area (Å²) in [5.41, 5.74) is 1.30. The Bertz CT molecular complexity index is 805. The first kappa shape index (κ1) is 16.3. The van der Waals surface area contributed by atoms with Gasteiger partial charge in [0.1, 0.15) is 0 Å². The minimum absolute atomic E-state index is 0.125. The summed E-state index contributed by atoms with van der Waals surface area (Å²) in [4.78, 5) is 14.4. The number of Topliss-reactive ketones (excluding diaryl/α,β-unsaturated/α-hetero) is 1. The van der Waals surface area contributed by atoms with E-state index in [-0.39, 0.29) is 16.1 Å². The van der Waals surface area contributed by atoms with Gasteiger partial charge in [-0.05, 0) is 36.7 Å². The van der Waals surface area contributed by atoms with Crippen LogP contribution in [0.15, 0.2) is 35.4 Å². The van der Waals surface area contributed by atoms with Crippen LogP contribution in [-0.4, -0.2) is 15.6 Å². The van der Waals surface area contributed by atoms with E-state index in [1.54, 1.807) is 0 Å². The number of thioether (sulfide) groups is 1. The molecule has 3 unspecified atom stereocenters. The Morgan fingerprint density at radius 3 is 2.67 bits per heavy atom. The number of hydrogen-bond acceptors (Lipinski definition) is 2. The highest BCUT2D eigenvalue weighted by molar-refractivity contribution is 8.01. The van der Waals surface area contributed by atoms with Crippen molar-refractivity contribution >= 4 is 28.4 Å². The Morgan fingerprint density at radius 1 is 1.25 bits per heavy atom. The molecule has 1 aromatic carbocycles. The summed E-state index contributed by atoms with van der Waals surface area (Å²) in [6, 6.07) is 8.61. The summed E-state index contributed by atoms with van der Waals surface area (Å²) < 4.78 is 2.35. The fourth-order valence-electron chi connectivity index (χ4n) is 5.01. The molecule has 0 aliphatic heterocycles. The zero-order chi connectivity index (χ0) is 17.1. The monoisotopic (exact) mass is 341 g/mol. The number of nitrogens with zero attached hydrogens (tertiary/aromatic N) is 1. The molecule has 4 rings (SSSR count). The molecule has 2 aromatic rings. The molecular formula is C21H27NOS. The molecule has 3 heteroatoms. The molecule has 2 saturated carbocycles. The lowest BCUT2D eigenvalue weighted by Gasteiger charge is -2.32. The number of rotatable bonds is 4. The van der Waals surface area contributed by atoms with Crippen molar-refractivity contribution in [3.8, 4) is 0 Å². The molecule has 128 valence electrons. The maximum atomic E-state index is 13.1. The minimum Gasteiger partial charge on any atom is -0.346 e. The van der Waals surface area contributed by atoms with Crippen molar-refractivity contribution in [2.24, 2.45) is 16.7 Å². The van der Waals surface area contributed by atoms with Gasteiger partial charge in [0.15, 0.2) is 5.78 Å². The molecule has 2 nitrogen and oxygen atoms in total. The summed E-state index contributed by atoms with van der Waals surface area (Å²) in [7, 11) is 0. The standard InChI is InChI=1S/C21H27NOS/c1-5-12-22-13-17(14-8-6-7-9-16(14)22)24-18-15-10-11-21(4,19(18)23)20(15,2)3/h6-9,13,15,18H,5,10-12H2,1-4H3. The van der Waals surface area contributed by atoms with Crippen LogP contribution in [0, 0.1) is 16.7 Å². The normalized spacial score (nSPS) is 31.2. The molecule has 0 radical (unpaired) electrons. The lowest BCUT2D eigenvalue weighted by atomic mass is 9.70. The van der Waals surface area contributed by atoms with Crippen molar-refractivity contribution in [3.05, 3.63) is 30.5 Å². The number of para-hydroxylation sites is 1. The SMILES string of the molecule is CCCn1cc(SC2C(=O)C3(C)CCC2C3(C)C)c2ccccc21. The fraction of sp³-hybridized carbons (Fsp3) is 0.571. The summed E-state index contributed by atoms with van der Waals surface area (Å²) in [6.45, 7) is 10.1. The van der Waals surface area contributed by atoms with Crippen LogP contribution in [-0.2, 0) is 11.3 Å². The highest BCUT2D eigenvalue weighted by Gasteiger charge is 2.66. The van der Waals surface area contributed by atoms with Crippen molar-refractivity contribution in [2.75, 3.05) is 0 Å². The van der Waals surface area contributed by atoms with Crippen molar-refractivity contribution < 1.29 is 4.79 Å². The van der Waals surface area contributed by atoms with E-state index in [4.69, 9.17) is 0 Å².